The molecule has 1 N–H and O–H groups in total. The van der Waals surface area contributed by atoms with Crippen molar-refractivity contribution in [1.29, 1.82) is 0 Å². The summed E-state index contributed by atoms with van der Waals surface area (Å²) in [6.07, 6.45) is -1.16. The van der Waals surface area contributed by atoms with Crippen LogP contribution in [0.5, 0.6) is 5.75 Å². The van der Waals surface area contributed by atoms with Crippen LogP contribution in [0.2, 0.25) is 10.0 Å². The topological polar surface area (TPSA) is 41.9 Å². The van der Waals surface area contributed by atoms with Gasteiger partial charge in [-0.25, -0.2) is 8.78 Å². The van der Waals surface area contributed by atoms with E-state index in [1.54, 1.807) is 0 Å². The molecule has 0 aliphatic carbocycles. The third-order valence-electron chi connectivity index (χ3n) is 4.26. The molecule has 0 saturated carbocycles. The molecule has 8 heteroatoms. The Hall–Kier alpha value is -1.44. The highest BCUT2D eigenvalue weighted by Crippen LogP contribution is 2.32. The molecule has 1 fully saturated rings. The number of nitrogens with zero attached hydrogens (tertiary/aromatic N) is 1. The highest BCUT2D eigenvalue weighted by molar-refractivity contribution is 6.35. The first-order chi connectivity index (χ1) is 12.9. The maximum absolute atomic E-state index is 13.8. The number of β-amino-alcohol motifs (C(OH)–C–C–N with tert-alkyl or cyclic N) is 1. The van der Waals surface area contributed by atoms with Crippen LogP contribution in [0.3, 0.4) is 0 Å². The number of benzene rings is 2. The van der Waals surface area contributed by atoms with Crippen molar-refractivity contribution >= 4 is 23.2 Å². The van der Waals surface area contributed by atoms with Gasteiger partial charge < -0.3 is 14.6 Å². The Labute approximate surface area is 166 Å². The molecule has 1 heterocycles. The van der Waals surface area contributed by atoms with Gasteiger partial charge in [-0.15, -0.1) is 0 Å². The monoisotopic (exact) mass is 417 g/mol. The second-order valence-electron chi connectivity index (χ2n) is 6.33. The quantitative estimate of drug-likeness (QED) is 0.718. The molecule has 4 nitrogen and oxygen atoms in total. The number of aliphatic hydroxyl groups is 1. The van der Waals surface area contributed by atoms with Gasteiger partial charge in [0.05, 0.1) is 17.7 Å². The van der Waals surface area contributed by atoms with Gasteiger partial charge in [0.1, 0.15) is 30.1 Å². The van der Waals surface area contributed by atoms with Gasteiger partial charge in [-0.3, -0.25) is 4.90 Å². The molecule has 1 aliphatic heterocycles. The van der Waals surface area contributed by atoms with E-state index in [0.29, 0.717) is 42.6 Å². The normalized spacial score (nSPS) is 19.1. The summed E-state index contributed by atoms with van der Waals surface area (Å²) in [5.74, 6) is -0.414. The van der Waals surface area contributed by atoms with Crippen LogP contribution in [-0.2, 0) is 4.74 Å². The molecule has 27 heavy (non-hydrogen) atoms. The minimum Gasteiger partial charge on any atom is -0.491 e. The second-order valence-corrected chi connectivity index (χ2v) is 7.14. The van der Waals surface area contributed by atoms with Gasteiger partial charge in [-0.1, -0.05) is 23.2 Å². The predicted octanol–water partition coefficient (Wildman–Crippen LogP) is 4.08. The van der Waals surface area contributed by atoms with E-state index in [2.05, 4.69) is 0 Å². The summed E-state index contributed by atoms with van der Waals surface area (Å²) < 4.78 is 37.8. The van der Waals surface area contributed by atoms with Crippen molar-refractivity contribution < 1.29 is 23.4 Å². The van der Waals surface area contributed by atoms with Crippen LogP contribution in [0, 0.1) is 11.6 Å². The molecular weight excluding hydrogens is 399 g/mol. The number of ether oxygens (including phenoxy) is 2. The van der Waals surface area contributed by atoms with Crippen molar-refractivity contribution in [3.8, 4) is 5.75 Å². The van der Waals surface area contributed by atoms with Gasteiger partial charge in [-0.05, 0) is 36.4 Å². The van der Waals surface area contributed by atoms with E-state index in [4.69, 9.17) is 32.7 Å². The molecule has 0 aromatic heterocycles. The molecule has 1 aliphatic rings. The maximum atomic E-state index is 13.8. The third-order valence-corrected chi connectivity index (χ3v) is 4.88. The number of aliphatic hydroxyl groups excluding tert-OH is 1. The summed E-state index contributed by atoms with van der Waals surface area (Å²) in [5.41, 5.74) is 0.528. The fraction of sp³-hybridized carbons (Fsp3) is 0.368. The van der Waals surface area contributed by atoms with E-state index in [1.165, 1.54) is 36.4 Å². The number of hydrogen-bond acceptors (Lipinski definition) is 4. The van der Waals surface area contributed by atoms with Crippen molar-refractivity contribution in [2.75, 3.05) is 32.8 Å². The summed E-state index contributed by atoms with van der Waals surface area (Å²) in [6, 6.07) is 8.24. The van der Waals surface area contributed by atoms with E-state index >= 15 is 0 Å². The maximum Gasteiger partial charge on any atom is 0.142 e. The standard InChI is InChI=1S/C19H19Cl2F2NO3/c20-16-8-17(21)18(23)7-15(16)19-10-24(5-6-26-19)9-13(25)11-27-14-3-1-12(22)2-4-14/h1-4,7-8,13,19,25H,5-6,9-11H2. The first-order valence-electron chi connectivity index (χ1n) is 8.47. The summed E-state index contributed by atoms with van der Waals surface area (Å²) in [4.78, 5) is 2.00. The number of morpholine rings is 1. The summed E-state index contributed by atoms with van der Waals surface area (Å²) in [7, 11) is 0. The summed E-state index contributed by atoms with van der Waals surface area (Å²) in [6.45, 7) is 1.93. The molecule has 2 unspecified atom stereocenters. The van der Waals surface area contributed by atoms with Gasteiger partial charge in [0.2, 0.25) is 0 Å². The fourth-order valence-corrected chi connectivity index (χ4v) is 3.42. The molecular formula is C19H19Cl2F2NO3. The van der Waals surface area contributed by atoms with E-state index in [-0.39, 0.29) is 17.4 Å². The Kier molecular flexibility index (Phi) is 6.89. The van der Waals surface area contributed by atoms with E-state index in [0.717, 1.165) is 0 Å². The molecule has 0 bridgehead atoms. The highest BCUT2D eigenvalue weighted by atomic mass is 35.5. The molecule has 0 radical (unpaired) electrons. The lowest BCUT2D eigenvalue weighted by Crippen LogP contribution is -2.43. The minimum absolute atomic E-state index is 0.0372. The Morgan fingerprint density at radius 1 is 1.19 bits per heavy atom. The van der Waals surface area contributed by atoms with Crippen LogP contribution in [0.15, 0.2) is 36.4 Å². The van der Waals surface area contributed by atoms with Crippen molar-refractivity contribution in [2.24, 2.45) is 0 Å². The lowest BCUT2D eigenvalue weighted by Gasteiger charge is -2.34. The second kappa shape index (κ2) is 9.17. The molecule has 2 atom stereocenters. The highest BCUT2D eigenvalue weighted by Gasteiger charge is 2.26. The van der Waals surface area contributed by atoms with Crippen LogP contribution in [0.25, 0.3) is 0 Å². The van der Waals surface area contributed by atoms with Crippen LogP contribution in [-0.4, -0.2) is 49.0 Å². The Morgan fingerprint density at radius 2 is 1.93 bits per heavy atom. The van der Waals surface area contributed by atoms with Gasteiger partial charge in [0.15, 0.2) is 0 Å². The largest absolute Gasteiger partial charge is 0.491 e. The van der Waals surface area contributed by atoms with E-state index < -0.39 is 18.0 Å². The van der Waals surface area contributed by atoms with Crippen LogP contribution in [0.4, 0.5) is 8.78 Å². The third kappa shape index (κ3) is 5.53. The summed E-state index contributed by atoms with van der Waals surface area (Å²) in [5, 5.41) is 10.5. The van der Waals surface area contributed by atoms with Gasteiger partial charge in [0.25, 0.3) is 0 Å². The zero-order valence-corrected chi connectivity index (χ0v) is 15.9. The van der Waals surface area contributed by atoms with Gasteiger partial charge in [-0.2, -0.15) is 0 Å². The molecule has 1 saturated heterocycles. The Morgan fingerprint density at radius 3 is 2.67 bits per heavy atom. The predicted molar refractivity (Wildman–Crippen MR) is 99.5 cm³/mol. The zero-order chi connectivity index (χ0) is 19.4. The van der Waals surface area contributed by atoms with E-state index in [9.17, 15) is 13.9 Å². The van der Waals surface area contributed by atoms with Crippen LogP contribution in [0.1, 0.15) is 11.7 Å². The van der Waals surface area contributed by atoms with Crippen molar-refractivity contribution in [1.82, 2.24) is 4.90 Å². The van der Waals surface area contributed by atoms with Crippen molar-refractivity contribution in [3.05, 3.63) is 63.6 Å². The average Bonchev–Trinajstić information content (AvgIpc) is 2.64. The first-order valence-corrected chi connectivity index (χ1v) is 9.23. The van der Waals surface area contributed by atoms with Crippen LogP contribution >= 0.6 is 23.2 Å². The van der Waals surface area contributed by atoms with Crippen molar-refractivity contribution in [2.45, 2.75) is 12.2 Å². The SMILES string of the molecule is OC(COc1ccc(F)cc1)CN1CCOC(c2cc(F)c(Cl)cc2Cl)C1. The smallest absolute Gasteiger partial charge is 0.142 e. The Bertz CT molecular complexity index is 776. The fourth-order valence-electron chi connectivity index (χ4n) is 2.92. The minimum atomic E-state index is -0.744. The van der Waals surface area contributed by atoms with Gasteiger partial charge in [0, 0.05) is 30.2 Å². The average molecular weight is 418 g/mol. The molecule has 0 amide bonds. The summed E-state index contributed by atoms with van der Waals surface area (Å²) >= 11 is 11.9. The lowest BCUT2D eigenvalue weighted by molar-refractivity contribution is -0.0460. The zero-order valence-electron chi connectivity index (χ0n) is 14.4. The lowest BCUT2D eigenvalue weighted by atomic mass is 10.1. The van der Waals surface area contributed by atoms with Gasteiger partial charge >= 0.3 is 0 Å². The van der Waals surface area contributed by atoms with Crippen LogP contribution < -0.4 is 4.74 Å². The molecule has 2 aromatic rings. The molecule has 0 spiro atoms. The first kappa shape index (κ1) is 20.3. The number of hydrogen-bond donors (Lipinski definition) is 1. The molecule has 3 rings (SSSR count). The number of halogens is 4. The van der Waals surface area contributed by atoms with Crippen molar-refractivity contribution in [3.63, 3.8) is 0 Å². The molecule has 2 aromatic carbocycles. The number of rotatable bonds is 6. The molecule has 146 valence electrons. The van der Waals surface area contributed by atoms with E-state index in [1.807, 2.05) is 4.90 Å². The Balaban J connectivity index is 1.55.